The topological polar surface area (TPSA) is 30.5 Å². The van der Waals surface area contributed by atoms with Crippen molar-refractivity contribution in [3.05, 3.63) is 35.9 Å². The van der Waals surface area contributed by atoms with Crippen LogP contribution in [0, 0.1) is 0 Å². The molecule has 0 aliphatic heterocycles. The summed E-state index contributed by atoms with van der Waals surface area (Å²) < 4.78 is 11.3. The number of ether oxygens (including phenoxy) is 2. The van der Waals surface area contributed by atoms with Gasteiger partial charge in [-0.05, 0) is 37.8 Å². The van der Waals surface area contributed by atoms with Gasteiger partial charge in [-0.1, -0.05) is 37.8 Å². The van der Waals surface area contributed by atoms with E-state index in [9.17, 15) is 0 Å². The van der Waals surface area contributed by atoms with E-state index in [0.29, 0.717) is 12.6 Å². The Morgan fingerprint density at radius 3 is 2.50 bits per heavy atom. The van der Waals surface area contributed by atoms with E-state index < -0.39 is 0 Å². The van der Waals surface area contributed by atoms with Crippen molar-refractivity contribution in [1.82, 2.24) is 5.32 Å². The summed E-state index contributed by atoms with van der Waals surface area (Å²) in [6.07, 6.45) is 10.8. The first-order valence-electron chi connectivity index (χ1n) is 8.95. The normalized spacial score (nSPS) is 15.2. The van der Waals surface area contributed by atoms with Crippen molar-refractivity contribution in [1.29, 1.82) is 0 Å². The average molecular weight is 354 g/mol. The van der Waals surface area contributed by atoms with Crippen LogP contribution in [0.25, 0.3) is 0 Å². The van der Waals surface area contributed by atoms with Gasteiger partial charge < -0.3 is 14.8 Å². The Labute approximate surface area is 153 Å². The van der Waals surface area contributed by atoms with Crippen molar-refractivity contribution in [3.8, 4) is 11.5 Å². The molecule has 0 saturated heterocycles. The molecule has 24 heavy (non-hydrogen) atoms. The minimum absolute atomic E-state index is 0. The molecule has 0 atom stereocenters. The van der Waals surface area contributed by atoms with Gasteiger partial charge in [-0.3, -0.25) is 0 Å². The third-order valence-corrected chi connectivity index (χ3v) is 4.51. The number of methoxy groups -OCH3 is 1. The van der Waals surface area contributed by atoms with Gasteiger partial charge in [-0.15, -0.1) is 19.0 Å². The minimum atomic E-state index is 0. The van der Waals surface area contributed by atoms with Gasteiger partial charge in [-0.2, -0.15) is 0 Å². The molecule has 1 aromatic carbocycles. The number of halogens is 1. The highest BCUT2D eigenvalue weighted by atomic mass is 35.5. The van der Waals surface area contributed by atoms with Crippen molar-refractivity contribution in [2.45, 2.75) is 64.5 Å². The highest BCUT2D eigenvalue weighted by molar-refractivity contribution is 5.85. The molecule has 0 amide bonds. The number of hydrogen-bond acceptors (Lipinski definition) is 3. The predicted octanol–water partition coefficient (Wildman–Crippen LogP) is 5.06. The lowest BCUT2D eigenvalue weighted by Crippen LogP contribution is -2.27. The molecule has 0 bridgehead atoms. The molecule has 3 nitrogen and oxygen atoms in total. The van der Waals surface area contributed by atoms with Crippen LogP contribution in [-0.4, -0.2) is 19.8 Å². The monoisotopic (exact) mass is 353 g/mol. The molecule has 1 N–H and O–H groups in total. The third kappa shape index (κ3) is 6.03. The molecule has 136 valence electrons. The Bertz CT molecular complexity index is 497. The molecule has 0 aromatic heterocycles. The molecule has 4 heteroatoms. The lowest BCUT2D eigenvalue weighted by molar-refractivity contribution is 0.307. The fourth-order valence-corrected chi connectivity index (χ4v) is 3.34. The maximum Gasteiger partial charge on any atom is 0.164 e. The zero-order valence-corrected chi connectivity index (χ0v) is 15.9. The smallest absolute Gasteiger partial charge is 0.164 e. The van der Waals surface area contributed by atoms with Crippen molar-refractivity contribution in [2.24, 2.45) is 0 Å². The molecule has 2 rings (SSSR count). The lowest BCUT2D eigenvalue weighted by Gasteiger charge is -2.19. The summed E-state index contributed by atoms with van der Waals surface area (Å²) in [5, 5.41) is 3.73. The number of nitrogens with one attached hydrogen (secondary N) is 1. The fraction of sp³-hybridized carbons (Fsp3) is 0.600. The summed E-state index contributed by atoms with van der Waals surface area (Å²) in [6, 6.07) is 4.97. The molecule has 1 saturated carbocycles. The minimum Gasteiger partial charge on any atom is -0.493 e. The predicted molar refractivity (Wildman–Crippen MR) is 104 cm³/mol. The molecule has 0 radical (unpaired) electrons. The number of benzene rings is 1. The fourth-order valence-electron chi connectivity index (χ4n) is 3.34. The molecular formula is C20H32ClNO2. The molecular weight excluding hydrogens is 322 g/mol. The Morgan fingerprint density at radius 2 is 1.92 bits per heavy atom. The molecule has 0 spiro atoms. The van der Waals surface area contributed by atoms with E-state index >= 15 is 0 Å². The second kappa shape index (κ2) is 11.4. The van der Waals surface area contributed by atoms with Gasteiger partial charge in [0.2, 0.25) is 0 Å². The van der Waals surface area contributed by atoms with Crippen molar-refractivity contribution in [3.63, 3.8) is 0 Å². The largest absolute Gasteiger partial charge is 0.493 e. The Hall–Kier alpha value is -1.19. The van der Waals surface area contributed by atoms with Gasteiger partial charge in [0.25, 0.3) is 0 Å². The first-order valence-corrected chi connectivity index (χ1v) is 8.95. The zero-order valence-electron chi connectivity index (χ0n) is 15.1. The molecule has 0 heterocycles. The van der Waals surface area contributed by atoms with E-state index in [0.717, 1.165) is 30.0 Å². The van der Waals surface area contributed by atoms with E-state index in [4.69, 9.17) is 9.47 Å². The van der Waals surface area contributed by atoms with Gasteiger partial charge in [0, 0.05) is 18.2 Å². The number of allylic oxidation sites excluding steroid dienone is 1. The van der Waals surface area contributed by atoms with E-state index in [-0.39, 0.29) is 12.4 Å². The summed E-state index contributed by atoms with van der Waals surface area (Å²) in [5.41, 5.74) is 2.41. The quantitative estimate of drug-likeness (QED) is 0.523. The maximum absolute atomic E-state index is 5.78. The van der Waals surface area contributed by atoms with Crippen LogP contribution >= 0.6 is 12.4 Å². The van der Waals surface area contributed by atoms with E-state index in [2.05, 4.69) is 24.0 Å². The first-order chi connectivity index (χ1) is 11.3. The van der Waals surface area contributed by atoms with Crippen LogP contribution in [-0.2, 0) is 13.0 Å². The van der Waals surface area contributed by atoms with Crippen molar-refractivity contribution in [2.75, 3.05) is 13.7 Å². The summed E-state index contributed by atoms with van der Waals surface area (Å²) in [7, 11) is 1.71. The number of rotatable bonds is 8. The Balaban J connectivity index is 0.00000288. The van der Waals surface area contributed by atoms with Gasteiger partial charge in [0.1, 0.15) is 0 Å². The van der Waals surface area contributed by atoms with Crippen LogP contribution in [0.1, 0.15) is 56.6 Å². The van der Waals surface area contributed by atoms with E-state index in [1.807, 2.05) is 13.0 Å². The highest BCUT2D eigenvalue weighted by Crippen LogP contribution is 2.33. The van der Waals surface area contributed by atoms with Crippen LogP contribution in [0.15, 0.2) is 24.8 Å². The molecule has 0 unspecified atom stereocenters. The van der Waals surface area contributed by atoms with Crippen LogP contribution in [0.5, 0.6) is 11.5 Å². The van der Waals surface area contributed by atoms with Crippen molar-refractivity contribution >= 4 is 12.4 Å². The molecule has 1 aromatic rings. The highest BCUT2D eigenvalue weighted by Gasteiger charge is 2.15. The van der Waals surface area contributed by atoms with Gasteiger partial charge >= 0.3 is 0 Å². The van der Waals surface area contributed by atoms with Crippen LogP contribution in [0.3, 0.4) is 0 Å². The summed E-state index contributed by atoms with van der Waals surface area (Å²) >= 11 is 0. The second-order valence-electron chi connectivity index (χ2n) is 6.28. The maximum atomic E-state index is 5.78. The molecule has 1 aliphatic rings. The molecule has 1 aliphatic carbocycles. The van der Waals surface area contributed by atoms with Crippen LogP contribution in [0.4, 0.5) is 0 Å². The van der Waals surface area contributed by atoms with Crippen molar-refractivity contribution < 1.29 is 9.47 Å². The SMILES string of the molecule is C=CCc1cc(CNC2CCCCCC2)cc(OC)c1OCC.Cl. The van der Waals surface area contributed by atoms with Gasteiger partial charge in [0.15, 0.2) is 11.5 Å². The number of hydrogen-bond donors (Lipinski definition) is 1. The molecule has 1 fully saturated rings. The van der Waals surface area contributed by atoms with E-state index in [1.165, 1.54) is 44.1 Å². The standard InChI is InChI=1S/C20H31NO2.ClH/c1-4-10-17-13-16(14-19(22-3)20(17)23-5-2)15-21-18-11-8-6-7-9-12-18;/h4,13-14,18,21H,1,5-12,15H2,2-3H3;1H. The Morgan fingerprint density at radius 1 is 1.21 bits per heavy atom. The van der Waals surface area contributed by atoms with Gasteiger partial charge in [0.05, 0.1) is 13.7 Å². The lowest BCUT2D eigenvalue weighted by atomic mass is 10.0. The first kappa shape index (κ1) is 20.9. The summed E-state index contributed by atoms with van der Waals surface area (Å²) in [6.45, 7) is 7.38. The zero-order chi connectivity index (χ0) is 16.5. The Kier molecular flexibility index (Phi) is 9.89. The van der Waals surface area contributed by atoms with Crippen LogP contribution < -0.4 is 14.8 Å². The van der Waals surface area contributed by atoms with Gasteiger partial charge in [-0.25, -0.2) is 0 Å². The summed E-state index contributed by atoms with van der Waals surface area (Å²) in [4.78, 5) is 0. The van der Waals surface area contributed by atoms with Crippen LogP contribution in [0.2, 0.25) is 0 Å². The second-order valence-corrected chi connectivity index (χ2v) is 6.28. The van der Waals surface area contributed by atoms with E-state index in [1.54, 1.807) is 7.11 Å². The third-order valence-electron chi connectivity index (χ3n) is 4.51. The average Bonchev–Trinajstić information content (AvgIpc) is 2.84. The summed E-state index contributed by atoms with van der Waals surface area (Å²) in [5.74, 6) is 1.68.